The van der Waals surface area contributed by atoms with E-state index in [4.69, 9.17) is 10.5 Å². The fraction of sp³-hybridized carbons (Fsp3) is 0.462. The second-order valence-corrected chi connectivity index (χ2v) is 4.05. The molecule has 0 aliphatic carbocycles. The van der Waals surface area contributed by atoms with Gasteiger partial charge in [0, 0.05) is 25.3 Å². The topological polar surface area (TPSA) is 64.4 Å². The lowest BCUT2D eigenvalue weighted by atomic mass is 10.1. The smallest absolute Gasteiger partial charge is 0.225 e. The van der Waals surface area contributed by atoms with Gasteiger partial charge in [-0.2, -0.15) is 0 Å². The third-order valence-corrected chi connectivity index (χ3v) is 2.52. The predicted molar refractivity (Wildman–Crippen MR) is 68.7 cm³/mol. The number of benzene rings is 1. The molecule has 94 valence electrons. The molecule has 1 aromatic rings. The molecular weight excluding hydrogens is 216 g/mol. The highest BCUT2D eigenvalue weighted by molar-refractivity contribution is 5.91. The van der Waals surface area contributed by atoms with E-state index in [-0.39, 0.29) is 11.9 Å². The molecule has 0 radical (unpaired) electrons. The summed E-state index contributed by atoms with van der Waals surface area (Å²) in [6.07, 6.45) is 1.16. The van der Waals surface area contributed by atoms with Gasteiger partial charge in [0.2, 0.25) is 5.91 Å². The van der Waals surface area contributed by atoms with E-state index in [1.54, 1.807) is 7.11 Å². The Hall–Kier alpha value is -1.39. The molecule has 4 nitrogen and oxygen atoms in total. The van der Waals surface area contributed by atoms with Gasteiger partial charge >= 0.3 is 0 Å². The number of ether oxygens (including phenoxy) is 1. The third-order valence-electron chi connectivity index (χ3n) is 2.52. The second-order valence-electron chi connectivity index (χ2n) is 4.05. The normalized spacial score (nSPS) is 12.2. The number of nitrogens with one attached hydrogen (secondary N) is 1. The molecular formula is C13H20N2O2. The van der Waals surface area contributed by atoms with Crippen molar-refractivity contribution in [3.8, 4) is 0 Å². The Balaban J connectivity index is 2.48. The maximum Gasteiger partial charge on any atom is 0.225 e. The number of nitrogens with two attached hydrogens (primary N) is 1. The lowest BCUT2D eigenvalue weighted by Gasteiger charge is -2.09. The second kappa shape index (κ2) is 7.04. The van der Waals surface area contributed by atoms with Crippen molar-refractivity contribution in [2.45, 2.75) is 32.4 Å². The summed E-state index contributed by atoms with van der Waals surface area (Å²) in [5, 5.41) is 2.82. The molecule has 0 aliphatic heterocycles. The minimum atomic E-state index is -0.0669. The summed E-state index contributed by atoms with van der Waals surface area (Å²) in [5.41, 5.74) is 7.58. The van der Waals surface area contributed by atoms with E-state index in [1.807, 2.05) is 31.2 Å². The molecule has 3 N–H and O–H groups in total. The Bertz CT molecular complexity index is 349. The molecule has 4 heteroatoms. The lowest BCUT2D eigenvalue weighted by molar-refractivity contribution is -0.116. The van der Waals surface area contributed by atoms with E-state index in [1.165, 1.54) is 0 Å². The molecule has 1 atom stereocenters. The summed E-state index contributed by atoms with van der Waals surface area (Å²) in [6.45, 7) is 2.55. The number of carbonyl (C=O) groups excluding carboxylic acids is 1. The Morgan fingerprint density at radius 1 is 1.41 bits per heavy atom. The zero-order chi connectivity index (χ0) is 12.7. The Morgan fingerprint density at radius 3 is 2.59 bits per heavy atom. The monoisotopic (exact) mass is 236 g/mol. The van der Waals surface area contributed by atoms with Crippen molar-refractivity contribution >= 4 is 11.6 Å². The van der Waals surface area contributed by atoms with Gasteiger partial charge in [0.15, 0.2) is 0 Å². The largest absolute Gasteiger partial charge is 0.380 e. The van der Waals surface area contributed by atoms with Crippen LogP contribution in [0.2, 0.25) is 0 Å². The SMILES string of the molecule is CCC(N)CC(=O)Nc1ccc(COC)cc1. The molecule has 1 amide bonds. The van der Waals surface area contributed by atoms with Crippen LogP contribution in [0.5, 0.6) is 0 Å². The van der Waals surface area contributed by atoms with Crippen molar-refractivity contribution in [1.29, 1.82) is 0 Å². The molecule has 17 heavy (non-hydrogen) atoms. The van der Waals surface area contributed by atoms with Crippen molar-refractivity contribution in [2.75, 3.05) is 12.4 Å². The summed E-state index contributed by atoms with van der Waals surface area (Å²) in [6, 6.07) is 7.52. The zero-order valence-corrected chi connectivity index (χ0v) is 10.4. The molecule has 0 fully saturated rings. The lowest BCUT2D eigenvalue weighted by Crippen LogP contribution is -2.26. The van der Waals surface area contributed by atoms with Gasteiger partial charge in [-0.05, 0) is 24.1 Å². The van der Waals surface area contributed by atoms with Crippen LogP contribution in [0, 0.1) is 0 Å². The van der Waals surface area contributed by atoms with Gasteiger partial charge in [0.1, 0.15) is 0 Å². The van der Waals surface area contributed by atoms with E-state index in [2.05, 4.69) is 5.32 Å². The van der Waals surface area contributed by atoms with Crippen molar-refractivity contribution in [2.24, 2.45) is 5.73 Å². The van der Waals surface area contributed by atoms with Gasteiger partial charge in [-0.15, -0.1) is 0 Å². The van der Waals surface area contributed by atoms with Gasteiger partial charge in [-0.1, -0.05) is 19.1 Å². The fourth-order valence-electron chi connectivity index (χ4n) is 1.45. The minimum absolute atomic E-state index is 0.0427. The highest BCUT2D eigenvalue weighted by Crippen LogP contribution is 2.11. The Morgan fingerprint density at radius 2 is 2.06 bits per heavy atom. The van der Waals surface area contributed by atoms with Gasteiger partial charge in [-0.25, -0.2) is 0 Å². The first-order valence-corrected chi connectivity index (χ1v) is 5.79. The van der Waals surface area contributed by atoms with E-state index in [0.717, 1.165) is 17.7 Å². The predicted octanol–water partition coefficient (Wildman–Crippen LogP) is 1.90. The quantitative estimate of drug-likeness (QED) is 0.793. The van der Waals surface area contributed by atoms with Gasteiger partial charge in [0.25, 0.3) is 0 Å². The van der Waals surface area contributed by atoms with E-state index in [9.17, 15) is 4.79 Å². The number of methoxy groups -OCH3 is 1. The highest BCUT2D eigenvalue weighted by atomic mass is 16.5. The van der Waals surface area contributed by atoms with Crippen LogP contribution in [0.3, 0.4) is 0 Å². The van der Waals surface area contributed by atoms with Crippen LogP contribution >= 0.6 is 0 Å². The van der Waals surface area contributed by atoms with Gasteiger partial charge in [-0.3, -0.25) is 4.79 Å². The van der Waals surface area contributed by atoms with Crippen LogP contribution in [0.15, 0.2) is 24.3 Å². The number of amides is 1. The van der Waals surface area contributed by atoms with Crippen LogP contribution in [0.1, 0.15) is 25.3 Å². The Kier molecular flexibility index (Phi) is 5.66. The average Bonchev–Trinajstić information content (AvgIpc) is 2.31. The molecule has 1 aromatic carbocycles. The number of carbonyl (C=O) groups is 1. The van der Waals surface area contributed by atoms with Crippen LogP contribution < -0.4 is 11.1 Å². The molecule has 0 saturated heterocycles. The number of hydrogen-bond acceptors (Lipinski definition) is 3. The van der Waals surface area contributed by atoms with Gasteiger partial charge in [0.05, 0.1) is 6.61 Å². The van der Waals surface area contributed by atoms with Crippen molar-refractivity contribution < 1.29 is 9.53 Å². The summed E-state index contributed by atoms with van der Waals surface area (Å²) in [7, 11) is 1.65. The number of anilines is 1. The minimum Gasteiger partial charge on any atom is -0.380 e. The average molecular weight is 236 g/mol. The maximum atomic E-state index is 11.6. The van der Waals surface area contributed by atoms with Gasteiger partial charge < -0.3 is 15.8 Å². The molecule has 0 heterocycles. The first-order chi connectivity index (χ1) is 8.15. The van der Waals surface area contributed by atoms with Crippen molar-refractivity contribution in [1.82, 2.24) is 0 Å². The van der Waals surface area contributed by atoms with Crippen molar-refractivity contribution in [3.05, 3.63) is 29.8 Å². The van der Waals surface area contributed by atoms with E-state index < -0.39 is 0 Å². The molecule has 1 rings (SSSR count). The van der Waals surface area contributed by atoms with Crippen LogP contribution in [0.25, 0.3) is 0 Å². The molecule has 0 aliphatic rings. The number of hydrogen-bond donors (Lipinski definition) is 2. The first kappa shape index (κ1) is 13.7. The first-order valence-electron chi connectivity index (χ1n) is 5.79. The Labute approximate surface area is 102 Å². The molecule has 1 unspecified atom stereocenters. The van der Waals surface area contributed by atoms with Crippen LogP contribution in [-0.2, 0) is 16.1 Å². The third kappa shape index (κ3) is 4.97. The summed E-state index contributed by atoms with van der Waals surface area (Å²) in [5.74, 6) is -0.0427. The zero-order valence-electron chi connectivity index (χ0n) is 10.4. The van der Waals surface area contributed by atoms with Crippen LogP contribution in [0.4, 0.5) is 5.69 Å². The standard InChI is InChI=1S/C13H20N2O2/c1-3-11(14)8-13(16)15-12-6-4-10(5-7-12)9-17-2/h4-7,11H,3,8-9,14H2,1-2H3,(H,15,16). The van der Waals surface area contributed by atoms with Crippen LogP contribution in [-0.4, -0.2) is 19.1 Å². The summed E-state index contributed by atoms with van der Waals surface area (Å²) < 4.78 is 5.01. The molecule has 0 aromatic heterocycles. The molecule has 0 saturated carbocycles. The molecule has 0 spiro atoms. The fourth-order valence-corrected chi connectivity index (χ4v) is 1.45. The van der Waals surface area contributed by atoms with E-state index >= 15 is 0 Å². The maximum absolute atomic E-state index is 11.6. The summed E-state index contributed by atoms with van der Waals surface area (Å²) >= 11 is 0. The highest BCUT2D eigenvalue weighted by Gasteiger charge is 2.07. The van der Waals surface area contributed by atoms with E-state index in [0.29, 0.717) is 13.0 Å². The number of rotatable bonds is 6. The summed E-state index contributed by atoms with van der Waals surface area (Å²) in [4.78, 5) is 11.6. The van der Waals surface area contributed by atoms with Crippen molar-refractivity contribution in [3.63, 3.8) is 0 Å². The molecule has 0 bridgehead atoms.